The summed E-state index contributed by atoms with van der Waals surface area (Å²) >= 11 is 0. The molecule has 2 saturated heterocycles. The number of aliphatic hydroxyl groups is 1. The highest BCUT2D eigenvalue weighted by molar-refractivity contribution is 5.89. The lowest BCUT2D eigenvalue weighted by molar-refractivity contribution is 0.0204. The Morgan fingerprint density at radius 2 is 2.00 bits per heavy atom. The fourth-order valence-corrected chi connectivity index (χ4v) is 3.74. The molecule has 3 rings (SSSR count). The first kappa shape index (κ1) is 21.4. The smallest absolute Gasteiger partial charge is 0.414 e. The first-order valence-electron chi connectivity index (χ1n) is 10.0. The number of hydrogen-bond acceptors (Lipinski definition) is 5. The predicted molar refractivity (Wildman–Crippen MR) is 105 cm³/mol. The lowest BCUT2D eigenvalue weighted by atomic mass is 9.89. The fraction of sp³-hybridized carbons (Fsp3) is 0.619. The van der Waals surface area contributed by atoms with Crippen LogP contribution in [-0.4, -0.2) is 60.1 Å². The summed E-state index contributed by atoms with van der Waals surface area (Å²) in [7, 11) is 0. The first-order chi connectivity index (χ1) is 13.7. The van der Waals surface area contributed by atoms with Gasteiger partial charge in [0.05, 0.1) is 12.2 Å². The minimum atomic E-state index is -0.539. The number of likely N-dealkylation sites (tertiary alicyclic amines) is 1. The van der Waals surface area contributed by atoms with Gasteiger partial charge in [-0.25, -0.2) is 14.0 Å². The standard InChI is InChI=1S/C21H29FN2O5/c1-21(2,3)29-19(26)23-9-6-14(7-10-23)17-5-4-15(12-18(17)22)24-13-16(8-11-25)28-20(24)27/h4-5,12,14,16,25H,6-11,13H2,1-3H3. The Morgan fingerprint density at radius 1 is 1.31 bits per heavy atom. The molecule has 2 heterocycles. The van der Waals surface area contributed by atoms with Gasteiger partial charge in [0.25, 0.3) is 0 Å². The number of piperidine rings is 1. The predicted octanol–water partition coefficient (Wildman–Crippen LogP) is 3.65. The molecule has 29 heavy (non-hydrogen) atoms. The summed E-state index contributed by atoms with van der Waals surface area (Å²) in [6.45, 7) is 6.75. The average molecular weight is 408 g/mol. The van der Waals surface area contributed by atoms with Gasteiger partial charge in [0.1, 0.15) is 17.5 Å². The number of carbonyl (C=O) groups is 2. The zero-order chi connectivity index (χ0) is 21.2. The average Bonchev–Trinajstić information content (AvgIpc) is 3.01. The highest BCUT2D eigenvalue weighted by Crippen LogP contribution is 2.33. The second kappa shape index (κ2) is 8.57. The molecular formula is C21H29FN2O5. The van der Waals surface area contributed by atoms with Crippen molar-refractivity contribution < 1.29 is 28.6 Å². The lowest BCUT2D eigenvalue weighted by Crippen LogP contribution is -2.41. The van der Waals surface area contributed by atoms with Crippen molar-refractivity contribution in [2.24, 2.45) is 0 Å². The molecule has 2 aliphatic heterocycles. The number of ether oxygens (including phenoxy) is 2. The molecule has 1 aromatic carbocycles. The zero-order valence-corrected chi connectivity index (χ0v) is 17.2. The number of cyclic esters (lactones) is 1. The van der Waals surface area contributed by atoms with E-state index < -0.39 is 11.7 Å². The van der Waals surface area contributed by atoms with Crippen molar-refractivity contribution in [3.63, 3.8) is 0 Å². The summed E-state index contributed by atoms with van der Waals surface area (Å²) in [6.07, 6.45) is 0.420. The number of halogens is 1. The number of nitrogens with zero attached hydrogens (tertiary/aromatic N) is 2. The summed E-state index contributed by atoms with van der Waals surface area (Å²) in [5.41, 5.74) is 0.503. The van der Waals surface area contributed by atoms with E-state index in [2.05, 4.69) is 0 Å². The molecule has 1 unspecified atom stereocenters. The van der Waals surface area contributed by atoms with Crippen molar-refractivity contribution in [1.29, 1.82) is 0 Å². The molecule has 8 heteroatoms. The van der Waals surface area contributed by atoms with Gasteiger partial charge < -0.3 is 19.5 Å². The molecule has 2 aliphatic rings. The third kappa shape index (κ3) is 5.18. The molecule has 0 radical (unpaired) electrons. The van der Waals surface area contributed by atoms with Crippen LogP contribution in [0.25, 0.3) is 0 Å². The van der Waals surface area contributed by atoms with E-state index in [4.69, 9.17) is 14.6 Å². The molecule has 2 fully saturated rings. The van der Waals surface area contributed by atoms with Crippen LogP contribution in [0.2, 0.25) is 0 Å². The molecule has 160 valence electrons. The molecule has 0 aromatic heterocycles. The fourth-order valence-electron chi connectivity index (χ4n) is 3.74. The normalized spacial score (nSPS) is 20.7. The number of carbonyl (C=O) groups excluding carboxylic acids is 2. The minimum Gasteiger partial charge on any atom is -0.444 e. The van der Waals surface area contributed by atoms with E-state index in [1.807, 2.05) is 20.8 Å². The van der Waals surface area contributed by atoms with Crippen molar-refractivity contribution in [3.05, 3.63) is 29.6 Å². The molecule has 0 saturated carbocycles. The van der Waals surface area contributed by atoms with Crippen LogP contribution in [0.1, 0.15) is 51.5 Å². The van der Waals surface area contributed by atoms with Crippen molar-refractivity contribution in [1.82, 2.24) is 4.90 Å². The molecule has 0 spiro atoms. The van der Waals surface area contributed by atoms with Crippen LogP contribution in [0.4, 0.5) is 19.7 Å². The number of amides is 2. The van der Waals surface area contributed by atoms with Crippen LogP contribution >= 0.6 is 0 Å². The Balaban J connectivity index is 1.62. The largest absolute Gasteiger partial charge is 0.444 e. The van der Waals surface area contributed by atoms with Crippen molar-refractivity contribution in [3.8, 4) is 0 Å². The maximum Gasteiger partial charge on any atom is 0.414 e. The van der Waals surface area contributed by atoms with Gasteiger partial charge >= 0.3 is 12.2 Å². The Morgan fingerprint density at radius 3 is 2.59 bits per heavy atom. The Labute approximate surface area is 170 Å². The molecule has 1 N–H and O–H groups in total. The molecule has 1 atom stereocenters. The van der Waals surface area contributed by atoms with E-state index in [0.717, 1.165) is 0 Å². The second-order valence-electron chi connectivity index (χ2n) is 8.58. The van der Waals surface area contributed by atoms with Gasteiger partial charge in [-0.2, -0.15) is 0 Å². The highest BCUT2D eigenvalue weighted by atomic mass is 19.1. The van der Waals surface area contributed by atoms with Gasteiger partial charge in [0.15, 0.2) is 0 Å². The maximum absolute atomic E-state index is 14.8. The zero-order valence-electron chi connectivity index (χ0n) is 17.2. The van der Waals surface area contributed by atoms with Gasteiger partial charge in [0.2, 0.25) is 0 Å². The molecule has 0 aliphatic carbocycles. The number of aliphatic hydroxyl groups excluding tert-OH is 1. The van der Waals surface area contributed by atoms with Crippen molar-refractivity contribution >= 4 is 17.9 Å². The lowest BCUT2D eigenvalue weighted by Gasteiger charge is -2.33. The number of rotatable bonds is 4. The molecular weight excluding hydrogens is 379 g/mol. The van der Waals surface area contributed by atoms with Crippen LogP contribution in [-0.2, 0) is 9.47 Å². The SMILES string of the molecule is CC(C)(C)OC(=O)N1CCC(c2ccc(N3CC(CCO)OC3=O)cc2F)CC1. The Kier molecular flexibility index (Phi) is 6.31. The van der Waals surface area contributed by atoms with Crippen molar-refractivity contribution in [2.45, 2.75) is 57.7 Å². The van der Waals surface area contributed by atoms with E-state index >= 15 is 0 Å². The van der Waals surface area contributed by atoms with Crippen LogP contribution in [0.15, 0.2) is 18.2 Å². The van der Waals surface area contributed by atoms with Crippen LogP contribution in [0.5, 0.6) is 0 Å². The van der Waals surface area contributed by atoms with Gasteiger partial charge in [-0.3, -0.25) is 4.90 Å². The second-order valence-corrected chi connectivity index (χ2v) is 8.58. The third-order valence-corrected chi connectivity index (χ3v) is 5.21. The van der Waals surface area contributed by atoms with E-state index in [0.29, 0.717) is 50.1 Å². The Bertz CT molecular complexity index is 756. The van der Waals surface area contributed by atoms with E-state index in [1.54, 1.807) is 17.0 Å². The molecule has 1 aromatic rings. The van der Waals surface area contributed by atoms with E-state index in [-0.39, 0.29) is 30.5 Å². The summed E-state index contributed by atoms with van der Waals surface area (Å²) in [5.74, 6) is -0.355. The number of anilines is 1. The molecule has 2 amide bonds. The van der Waals surface area contributed by atoms with E-state index in [1.165, 1.54) is 11.0 Å². The highest BCUT2D eigenvalue weighted by Gasteiger charge is 2.33. The molecule has 7 nitrogen and oxygen atoms in total. The monoisotopic (exact) mass is 408 g/mol. The summed E-state index contributed by atoms with van der Waals surface area (Å²) in [6, 6.07) is 4.80. The van der Waals surface area contributed by atoms with Crippen molar-refractivity contribution in [2.75, 3.05) is 31.1 Å². The number of benzene rings is 1. The van der Waals surface area contributed by atoms with E-state index in [9.17, 15) is 14.0 Å². The summed E-state index contributed by atoms with van der Waals surface area (Å²) in [4.78, 5) is 27.2. The van der Waals surface area contributed by atoms with Gasteiger partial charge in [-0.1, -0.05) is 6.07 Å². The number of hydrogen-bond donors (Lipinski definition) is 1. The van der Waals surface area contributed by atoms with Gasteiger partial charge in [0, 0.05) is 26.1 Å². The van der Waals surface area contributed by atoms with Crippen LogP contribution < -0.4 is 4.90 Å². The van der Waals surface area contributed by atoms with Gasteiger partial charge in [-0.05, 0) is 57.2 Å². The topological polar surface area (TPSA) is 79.3 Å². The minimum absolute atomic E-state index is 0.00963. The van der Waals surface area contributed by atoms with Crippen LogP contribution in [0.3, 0.4) is 0 Å². The summed E-state index contributed by atoms with van der Waals surface area (Å²) < 4.78 is 25.4. The third-order valence-electron chi connectivity index (χ3n) is 5.21. The van der Waals surface area contributed by atoms with Crippen LogP contribution in [0, 0.1) is 5.82 Å². The molecule has 0 bridgehead atoms. The Hall–Kier alpha value is -2.35. The first-order valence-corrected chi connectivity index (χ1v) is 10.0. The quantitative estimate of drug-likeness (QED) is 0.823. The summed E-state index contributed by atoms with van der Waals surface area (Å²) in [5, 5.41) is 9.00. The maximum atomic E-state index is 14.8. The van der Waals surface area contributed by atoms with Gasteiger partial charge in [-0.15, -0.1) is 0 Å².